The fourth-order valence-corrected chi connectivity index (χ4v) is 5.44. The molecule has 41 heavy (non-hydrogen) atoms. The van der Waals surface area contributed by atoms with Gasteiger partial charge in [-0.15, -0.1) is 5.10 Å². The molecule has 3 aromatic heterocycles. The van der Waals surface area contributed by atoms with Crippen LogP contribution in [0.25, 0.3) is 22.8 Å². The van der Waals surface area contributed by atoms with Gasteiger partial charge in [0.05, 0.1) is 25.4 Å². The molecule has 0 bridgehead atoms. The Labute approximate surface area is 233 Å². The first-order valence-electron chi connectivity index (χ1n) is 13.7. The topological polar surface area (TPSA) is 104 Å². The summed E-state index contributed by atoms with van der Waals surface area (Å²) in [5, 5.41) is 4.72. The molecular weight excluding hydrogens is 537 g/mol. The normalized spacial score (nSPS) is 18.0. The number of fused-ring (bicyclic) bond motifs is 1. The molecule has 0 spiro atoms. The van der Waals surface area contributed by atoms with Gasteiger partial charge in [0, 0.05) is 30.1 Å². The van der Waals surface area contributed by atoms with Crippen LogP contribution in [0.5, 0.6) is 5.88 Å². The monoisotopic (exact) mass is 564 g/mol. The highest BCUT2D eigenvalue weighted by Crippen LogP contribution is 2.46. The van der Waals surface area contributed by atoms with Gasteiger partial charge in [0.1, 0.15) is 17.7 Å². The number of halogens is 3. The van der Waals surface area contributed by atoms with Gasteiger partial charge in [0.2, 0.25) is 17.7 Å². The van der Waals surface area contributed by atoms with E-state index in [0.717, 1.165) is 43.1 Å². The third-order valence-electron chi connectivity index (χ3n) is 7.90. The molecule has 2 aliphatic carbocycles. The van der Waals surface area contributed by atoms with E-state index in [-0.39, 0.29) is 18.4 Å². The Bertz CT molecular complexity index is 1640. The standard InChI is InChI=1S/C28H27F3N8O2/c1-15(16-3-7-18(8-4-16)25-34-20(28(29,30)31)13-37(25)19-9-10-19)39-21(40)11-12-38-27(39)35-24(36-38)22-23(17-5-6-17)32-14-33-26(22)41-2/h3-4,7-8,13-15,17,19H,5-6,9-12H2,1-2H3/t15-/m1/s1. The predicted molar refractivity (Wildman–Crippen MR) is 141 cm³/mol. The Hall–Kier alpha value is -4.29. The van der Waals surface area contributed by atoms with Gasteiger partial charge >= 0.3 is 6.18 Å². The van der Waals surface area contributed by atoms with Crippen LogP contribution in [-0.2, 0) is 17.5 Å². The van der Waals surface area contributed by atoms with Crippen LogP contribution in [0.3, 0.4) is 0 Å². The van der Waals surface area contributed by atoms with Crippen molar-refractivity contribution in [2.24, 2.45) is 0 Å². The molecule has 0 radical (unpaired) electrons. The second-order valence-corrected chi connectivity index (χ2v) is 10.8. The number of methoxy groups -OCH3 is 1. The number of anilines is 1. The number of alkyl halides is 3. The van der Waals surface area contributed by atoms with Crippen molar-refractivity contribution < 1.29 is 22.7 Å². The number of imidazole rings is 1. The highest BCUT2D eigenvalue weighted by atomic mass is 19.4. The molecule has 7 rings (SSSR count). The average molecular weight is 565 g/mol. The van der Waals surface area contributed by atoms with Crippen LogP contribution in [0, 0.1) is 0 Å². The van der Waals surface area contributed by atoms with Gasteiger partial charge in [-0.05, 0) is 38.2 Å². The van der Waals surface area contributed by atoms with Gasteiger partial charge in [-0.3, -0.25) is 9.69 Å². The molecule has 3 aliphatic rings. The van der Waals surface area contributed by atoms with E-state index in [0.29, 0.717) is 47.1 Å². The zero-order chi connectivity index (χ0) is 28.5. The van der Waals surface area contributed by atoms with E-state index in [4.69, 9.17) is 14.8 Å². The lowest BCUT2D eigenvalue weighted by Gasteiger charge is -2.31. The molecule has 1 aliphatic heterocycles. The third kappa shape index (κ3) is 4.52. The third-order valence-corrected chi connectivity index (χ3v) is 7.90. The highest BCUT2D eigenvalue weighted by Gasteiger charge is 2.38. The van der Waals surface area contributed by atoms with Gasteiger partial charge in [0.15, 0.2) is 11.5 Å². The molecule has 212 valence electrons. The van der Waals surface area contributed by atoms with Crippen LogP contribution in [-0.4, -0.2) is 47.3 Å². The number of rotatable bonds is 7. The largest absolute Gasteiger partial charge is 0.480 e. The van der Waals surface area contributed by atoms with Gasteiger partial charge in [-0.1, -0.05) is 24.3 Å². The molecule has 0 saturated heterocycles. The molecule has 1 amide bonds. The number of carbonyl (C=O) groups excluding carboxylic acids is 1. The smallest absolute Gasteiger partial charge is 0.434 e. The minimum atomic E-state index is -4.51. The Morgan fingerprint density at radius 3 is 2.46 bits per heavy atom. The van der Waals surface area contributed by atoms with Crippen molar-refractivity contribution in [3.8, 4) is 28.7 Å². The molecule has 13 heteroatoms. The lowest BCUT2D eigenvalue weighted by atomic mass is 10.0. The van der Waals surface area contributed by atoms with Crippen LogP contribution < -0.4 is 9.64 Å². The van der Waals surface area contributed by atoms with Crippen LogP contribution in [0.15, 0.2) is 36.8 Å². The van der Waals surface area contributed by atoms with E-state index in [9.17, 15) is 18.0 Å². The molecule has 2 fully saturated rings. The van der Waals surface area contributed by atoms with Crippen molar-refractivity contribution in [3.05, 3.63) is 53.7 Å². The van der Waals surface area contributed by atoms with Crippen molar-refractivity contribution in [3.63, 3.8) is 0 Å². The number of carbonyl (C=O) groups is 1. The van der Waals surface area contributed by atoms with E-state index in [1.807, 2.05) is 19.1 Å². The van der Waals surface area contributed by atoms with Crippen LogP contribution >= 0.6 is 0 Å². The van der Waals surface area contributed by atoms with Crippen molar-refractivity contribution in [1.82, 2.24) is 34.3 Å². The number of hydrogen-bond donors (Lipinski definition) is 0. The molecule has 1 aromatic carbocycles. The van der Waals surface area contributed by atoms with Crippen LogP contribution in [0.1, 0.15) is 74.0 Å². The van der Waals surface area contributed by atoms with E-state index in [1.165, 1.54) is 6.33 Å². The summed E-state index contributed by atoms with van der Waals surface area (Å²) in [7, 11) is 1.54. The van der Waals surface area contributed by atoms with E-state index >= 15 is 0 Å². The SMILES string of the molecule is COc1ncnc(C2CC2)c1-c1nc2n(n1)CCC(=O)N2[C@H](C)c1ccc(-c2nc(C(F)(F)F)cn2C2CC2)cc1. The van der Waals surface area contributed by atoms with E-state index in [2.05, 4.69) is 15.0 Å². The number of nitrogens with zero attached hydrogens (tertiary/aromatic N) is 8. The Balaban J connectivity index is 1.21. The maximum atomic E-state index is 13.4. The van der Waals surface area contributed by atoms with Crippen LogP contribution in [0.2, 0.25) is 0 Å². The summed E-state index contributed by atoms with van der Waals surface area (Å²) >= 11 is 0. The minimum Gasteiger partial charge on any atom is -0.480 e. The highest BCUT2D eigenvalue weighted by molar-refractivity contribution is 5.94. The maximum Gasteiger partial charge on any atom is 0.434 e. The number of aromatic nitrogens is 7. The maximum absolute atomic E-state index is 13.4. The zero-order valence-corrected chi connectivity index (χ0v) is 22.5. The molecule has 0 N–H and O–H groups in total. The van der Waals surface area contributed by atoms with Crippen molar-refractivity contribution in [2.75, 3.05) is 12.0 Å². The molecule has 4 aromatic rings. The van der Waals surface area contributed by atoms with Crippen molar-refractivity contribution >= 4 is 11.9 Å². The molecule has 4 heterocycles. The Morgan fingerprint density at radius 2 is 1.80 bits per heavy atom. The van der Waals surface area contributed by atoms with Crippen LogP contribution in [0.4, 0.5) is 19.1 Å². The van der Waals surface area contributed by atoms with Crippen molar-refractivity contribution in [1.29, 1.82) is 0 Å². The summed E-state index contributed by atoms with van der Waals surface area (Å²) < 4.78 is 49.0. The summed E-state index contributed by atoms with van der Waals surface area (Å²) in [4.78, 5) is 32.3. The summed E-state index contributed by atoms with van der Waals surface area (Å²) in [6.07, 6.45) is 2.04. The summed E-state index contributed by atoms with van der Waals surface area (Å²) in [5.74, 6) is 1.73. The zero-order valence-electron chi connectivity index (χ0n) is 22.5. The van der Waals surface area contributed by atoms with Gasteiger partial charge in [0.25, 0.3) is 0 Å². The minimum absolute atomic E-state index is 0.0350. The lowest BCUT2D eigenvalue weighted by Crippen LogP contribution is -2.39. The molecule has 2 saturated carbocycles. The van der Waals surface area contributed by atoms with E-state index < -0.39 is 17.9 Å². The number of aryl methyl sites for hydroxylation is 1. The average Bonchev–Trinajstić information content (AvgIpc) is 3.90. The first-order chi connectivity index (χ1) is 19.7. The predicted octanol–water partition coefficient (Wildman–Crippen LogP) is 5.34. The molecule has 10 nitrogen and oxygen atoms in total. The first-order valence-corrected chi connectivity index (χ1v) is 13.7. The fraction of sp³-hybridized carbons (Fsp3) is 0.429. The second kappa shape index (κ2) is 9.38. The van der Waals surface area contributed by atoms with Gasteiger partial charge in [-0.2, -0.15) is 18.2 Å². The summed E-state index contributed by atoms with van der Waals surface area (Å²) in [6.45, 7) is 2.29. The van der Waals surface area contributed by atoms with Gasteiger partial charge in [-0.25, -0.2) is 19.6 Å². The fourth-order valence-electron chi connectivity index (χ4n) is 5.44. The number of amides is 1. The Kier molecular flexibility index (Phi) is 5.87. The summed E-state index contributed by atoms with van der Waals surface area (Å²) in [5.41, 5.74) is 1.99. The quantitative estimate of drug-likeness (QED) is 0.299. The number of ether oxygens (including phenoxy) is 1. The second-order valence-electron chi connectivity index (χ2n) is 10.8. The number of benzene rings is 1. The van der Waals surface area contributed by atoms with Gasteiger partial charge < -0.3 is 9.30 Å². The Morgan fingerprint density at radius 1 is 1.05 bits per heavy atom. The van der Waals surface area contributed by atoms with E-state index in [1.54, 1.807) is 33.4 Å². The van der Waals surface area contributed by atoms with Crippen molar-refractivity contribution in [2.45, 2.75) is 69.8 Å². The lowest BCUT2D eigenvalue weighted by molar-refractivity contribution is -0.140. The summed E-state index contributed by atoms with van der Waals surface area (Å²) in [6, 6.07) is 6.79. The molecular formula is C28H27F3N8O2. The number of hydrogen-bond acceptors (Lipinski definition) is 7. The molecule has 1 atom stereocenters. The molecule has 0 unspecified atom stereocenters. The first kappa shape index (κ1) is 25.7.